The van der Waals surface area contributed by atoms with Crippen molar-refractivity contribution in [3.05, 3.63) is 77.4 Å². The molecule has 0 saturated heterocycles. The normalized spacial score (nSPS) is 13.6. The van der Waals surface area contributed by atoms with E-state index < -0.39 is 0 Å². The van der Waals surface area contributed by atoms with Crippen LogP contribution in [0, 0.1) is 5.92 Å². The zero-order valence-corrected chi connectivity index (χ0v) is 15.9. The molecule has 2 atom stereocenters. The molecule has 0 heterocycles. The molecular weight excluding hydrogens is 290 g/mol. The van der Waals surface area contributed by atoms with Crippen LogP contribution in [-0.4, -0.2) is 0 Å². The van der Waals surface area contributed by atoms with Crippen molar-refractivity contribution in [2.24, 2.45) is 11.7 Å². The summed E-state index contributed by atoms with van der Waals surface area (Å²) in [6.45, 7) is 10.7. The molecule has 0 fully saturated rings. The maximum atomic E-state index is 6.41. The van der Waals surface area contributed by atoms with Crippen LogP contribution in [0.15, 0.2) is 60.7 Å². The predicted molar refractivity (Wildman–Crippen MR) is 108 cm³/mol. The highest BCUT2D eigenvalue weighted by molar-refractivity contribution is 5.64. The van der Waals surface area contributed by atoms with Gasteiger partial charge in [0.25, 0.3) is 0 Å². The van der Waals surface area contributed by atoms with Gasteiger partial charge in [-0.05, 0) is 35.1 Å². The molecule has 0 spiro atoms. The SMILES string of the molecule is CC.CCc1cccc(/C(N)=C/C(c2ccccc2)C(C)CC)c1. The lowest BCUT2D eigenvalue weighted by molar-refractivity contribution is 0.507. The molecule has 0 amide bonds. The second-order valence-electron chi connectivity index (χ2n) is 6.00. The summed E-state index contributed by atoms with van der Waals surface area (Å²) in [5.74, 6) is 0.923. The van der Waals surface area contributed by atoms with Crippen molar-refractivity contribution in [2.75, 3.05) is 0 Å². The highest BCUT2D eigenvalue weighted by Crippen LogP contribution is 2.30. The molecule has 0 aliphatic rings. The average Bonchev–Trinajstić information content (AvgIpc) is 2.67. The number of hydrogen-bond acceptors (Lipinski definition) is 1. The van der Waals surface area contributed by atoms with Crippen molar-refractivity contribution >= 4 is 5.70 Å². The van der Waals surface area contributed by atoms with Crippen LogP contribution < -0.4 is 5.73 Å². The number of rotatable bonds is 6. The van der Waals surface area contributed by atoms with Gasteiger partial charge in [0.2, 0.25) is 0 Å². The molecule has 2 unspecified atom stereocenters. The first-order valence-electron chi connectivity index (χ1n) is 9.27. The van der Waals surface area contributed by atoms with Gasteiger partial charge in [0.05, 0.1) is 0 Å². The van der Waals surface area contributed by atoms with Crippen molar-refractivity contribution < 1.29 is 0 Å². The first-order chi connectivity index (χ1) is 11.7. The van der Waals surface area contributed by atoms with Gasteiger partial charge in [-0.25, -0.2) is 0 Å². The standard InChI is InChI=1S/C21H27N.C2H6/c1-4-16(3)20(18-11-7-6-8-12-18)15-21(22)19-13-9-10-17(5-2)14-19;1-2/h6-16,20H,4-5,22H2,1-3H3;1-2H3/b21-15-;. The molecular formula is C23H33N. The van der Waals surface area contributed by atoms with Crippen LogP contribution >= 0.6 is 0 Å². The summed E-state index contributed by atoms with van der Waals surface area (Å²) in [4.78, 5) is 0. The molecule has 0 saturated carbocycles. The summed E-state index contributed by atoms with van der Waals surface area (Å²) in [5.41, 5.74) is 11.1. The Morgan fingerprint density at radius 3 is 2.25 bits per heavy atom. The summed E-state index contributed by atoms with van der Waals surface area (Å²) in [7, 11) is 0. The highest BCUT2D eigenvalue weighted by Gasteiger charge is 2.16. The van der Waals surface area contributed by atoms with E-state index in [4.69, 9.17) is 5.73 Å². The fourth-order valence-electron chi connectivity index (χ4n) is 2.78. The average molecular weight is 324 g/mol. The van der Waals surface area contributed by atoms with E-state index in [9.17, 15) is 0 Å². The van der Waals surface area contributed by atoms with E-state index in [2.05, 4.69) is 81.4 Å². The van der Waals surface area contributed by atoms with Gasteiger partial charge in [-0.15, -0.1) is 0 Å². The summed E-state index contributed by atoms with van der Waals surface area (Å²) in [6.07, 6.45) is 4.41. The van der Waals surface area contributed by atoms with E-state index in [1.54, 1.807) is 0 Å². The summed E-state index contributed by atoms with van der Waals surface area (Å²) in [5, 5.41) is 0. The fourth-order valence-corrected chi connectivity index (χ4v) is 2.78. The number of aryl methyl sites for hydroxylation is 1. The van der Waals surface area contributed by atoms with E-state index in [0.29, 0.717) is 11.8 Å². The maximum Gasteiger partial charge on any atom is 0.0353 e. The molecule has 24 heavy (non-hydrogen) atoms. The molecule has 0 aromatic heterocycles. The lowest BCUT2D eigenvalue weighted by Crippen LogP contribution is -2.09. The molecule has 0 radical (unpaired) electrons. The van der Waals surface area contributed by atoms with Crippen LogP contribution in [0.25, 0.3) is 5.70 Å². The number of nitrogens with two attached hydrogens (primary N) is 1. The van der Waals surface area contributed by atoms with Crippen molar-refractivity contribution in [1.29, 1.82) is 0 Å². The molecule has 2 N–H and O–H groups in total. The lowest BCUT2D eigenvalue weighted by Gasteiger charge is -2.21. The minimum atomic E-state index is 0.358. The molecule has 1 nitrogen and oxygen atoms in total. The largest absolute Gasteiger partial charge is 0.398 e. The Balaban J connectivity index is 0.00000139. The Morgan fingerprint density at radius 1 is 1.00 bits per heavy atom. The summed E-state index contributed by atoms with van der Waals surface area (Å²) >= 11 is 0. The number of allylic oxidation sites excluding steroid dienone is 1. The van der Waals surface area contributed by atoms with Crippen LogP contribution in [0.3, 0.4) is 0 Å². The second kappa shape index (κ2) is 10.7. The van der Waals surface area contributed by atoms with Crippen molar-refractivity contribution in [3.63, 3.8) is 0 Å². The van der Waals surface area contributed by atoms with Crippen LogP contribution in [0.5, 0.6) is 0 Å². The van der Waals surface area contributed by atoms with Crippen molar-refractivity contribution in [3.8, 4) is 0 Å². The van der Waals surface area contributed by atoms with E-state index in [1.807, 2.05) is 13.8 Å². The van der Waals surface area contributed by atoms with Gasteiger partial charge in [-0.3, -0.25) is 0 Å². The third-order valence-corrected chi connectivity index (χ3v) is 4.47. The first kappa shape index (κ1) is 20.0. The second-order valence-corrected chi connectivity index (χ2v) is 6.00. The molecule has 0 aliphatic heterocycles. The van der Waals surface area contributed by atoms with Gasteiger partial charge >= 0.3 is 0 Å². The smallest absolute Gasteiger partial charge is 0.0353 e. The number of hydrogen-bond donors (Lipinski definition) is 1. The predicted octanol–water partition coefficient (Wildman–Crippen LogP) is 6.40. The molecule has 0 bridgehead atoms. The number of benzene rings is 2. The molecule has 0 aliphatic carbocycles. The van der Waals surface area contributed by atoms with Crippen LogP contribution in [0.2, 0.25) is 0 Å². The van der Waals surface area contributed by atoms with E-state index in [-0.39, 0.29) is 0 Å². The van der Waals surface area contributed by atoms with Gasteiger partial charge in [-0.1, -0.05) is 95.6 Å². The summed E-state index contributed by atoms with van der Waals surface area (Å²) in [6, 6.07) is 19.2. The zero-order chi connectivity index (χ0) is 17.9. The third-order valence-electron chi connectivity index (χ3n) is 4.47. The molecule has 2 rings (SSSR count). The van der Waals surface area contributed by atoms with Gasteiger partial charge < -0.3 is 5.73 Å². The molecule has 1 heteroatoms. The summed E-state index contributed by atoms with van der Waals surface area (Å²) < 4.78 is 0. The van der Waals surface area contributed by atoms with Gasteiger partial charge in [0.15, 0.2) is 0 Å². The van der Waals surface area contributed by atoms with Gasteiger partial charge in [-0.2, -0.15) is 0 Å². The monoisotopic (exact) mass is 323 g/mol. The van der Waals surface area contributed by atoms with Crippen LogP contribution in [0.1, 0.15) is 63.6 Å². The van der Waals surface area contributed by atoms with E-state index in [0.717, 1.165) is 24.1 Å². The Hall–Kier alpha value is -2.02. The Bertz CT molecular complexity index is 613. The first-order valence-corrected chi connectivity index (χ1v) is 9.27. The molecule has 2 aromatic rings. The molecule has 2 aromatic carbocycles. The van der Waals surface area contributed by atoms with Crippen LogP contribution in [0.4, 0.5) is 0 Å². The maximum absolute atomic E-state index is 6.41. The van der Waals surface area contributed by atoms with Crippen molar-refractivity contribution in [1.82, 2.24) is 0 Å². The topological polar surface area (TPSA) is 26.0 Å². The highest BCUT2D eigenvalue weighted by atomic mass is 14.6. The van der Waals surface area contributed by atoms with Crippen molar-refractivity contribution in [2.45, 2.75) is 53.4 Å². The van der Waals surface area contributed by atoms with Gasteiger partial charge in [0.1, 0.15) is 0 Å². The Morgan fingerprint density at radius 2 is 1.67 bits per heavy atom. The fraction of sp³-hybridized carbons (Fsp3) is 0.391. The zero-order valence-electron chi connectivity index (χ0n) is 15.9. The minimum absolute atomic E-state index is 0.358. The Labute approximate surface area is 148 Å². The van der Waals surface area contributed by atoms with E-state index in [1.165, 1.54) is 11.1 Å². The van der Waals surface area contributed by atoms with Gasteiger partial charge in [0, 0.05) is 11.6 Å². The van der Waals surface area contributed by atoms with E-state index >= 15 is 0 Å². The van der Waals surface area contributed by atoms with Crippen LogP contribution in [-0.2, 0) is 6.42 Å². The minimum Gasteiger partial charge on any atom is -0.398 e. The molecule has 130 valence electrons. The quantitative estimate of drug-likeness (QED) is 0.653. The lowest BCUT2D eigenvalue weighted by atomic mass is 9.84. The third kappa shape index (κ3) is 5.56. The Kier molecular flexibility index (Phi) is 8.93.